The lowest BCUT2D eigenvalue weighted by Crippen LogP contribution is -2.32. The first-order chi connectivity index (χ1) is 9.20. The number of amides is 1. The number of aryl methyl sites for hydroxylation is 1. The standard InChI is InChI=1S/C16H23NO2/c1-2-13-5-3-4-6-15(13)16(19)17-11-12-7-9-14(18)10-8-12/h3-6,12,14,18H,2,7-11H2,1H3,(H,17,19). The van der Waals surface area contributed by atoms with E-state index in [1.54, 1.807) is 0 Å². The number of hydrogen-bond donors (Lipinski definition) is 2. The van der Waals surface area contributed by atoms with Crippen molar-refractivity contribution in [2.75, 3.05) is 6.54 Å². The van der Waals surface area contributed by atoms with Gasteiger partial charge in [0.15, 0.2) is 0 Å². The van der Waals surface area contributed by atoms with Gasteiger partial charge < -0.3 is 10.4 Å². The third kappa shape index (κ3) is 3.80. The van der Waals surface area contributed by atoms with E-state index in [4.69, 9.17) is 0 Å². The SMILES string of the molecule is CCc1ccccc1C(=O)NCC1CCC(O)CC1. The van der Waals surface area contributed by atoms with E-state index in [-0.39, 0.29) is 12.0 Å². The molecule has 1 saturated carbocycles. The third-order valence-corrected chi connectivity index (χ3v) is 4.01. The predicted octanol–water partition coefficient (Wildman–Crippen LogP) is 2.53. The van der Waals surface area contributed by atoms with E-state index in [2.05, 4.69) is 12.2 Å². The Hall–Kier alpha value is -1.35. The largest absolute Gasteiger partial charge is 0.393 e. The zero-order chi connectivity index (χ0) is 13.7. The van der Waals surface area contributed by atoms with Crippen LogP contribution in [0.15, 0.2) is 24.3 Å². The lowest BCUT2D eigenvalue weighted by Gasteiger charge is -2.25. The summed E-state index contributed by atoms with van der Waals surface area (Å²) in [4.78, 5) is 12.2. The highest BCUT2D eigenvalue weighted by Crippen LogP contribution is 2.23. The van der Waals surface area contributed by atoms with Gasteiger partial charge >= 0.3 is 0 Å². The third-order valence-electron chi connectivity index (χ3n) is 4.01. The molecule has 1 aliphatic carbocycles. The summed E-state index contributed by atoms with van der Waals surface area (Å²) < 4.78 is 0. The van der Waals surface area contributed by atoms with Gasteiger partial charge in [0.25, 0.3) is 5.91 Å². The van der Waals surface area contributed by atoms with Gasteiger partial charge in [0, 0.05) is 12.1 Å². The minimum absolute atomic E-state index is 0.0311. The number of aliphatic hydroxyl groups is 1. The summed E-state index contributed by atoms with van der Waals surface area (Å²) >= 11 is 0. The molecule has 0 heterocycles. The quantitative estimate of drug-likeness (QED) is 0.875. The Kier molecular flexibility index (Phi) is 4.97. The maximum absolute atomic E-state index is 12.2. The predicted molar refractivity (Wildman–Crippen MR) is 76.1 cm³/mol. The van der Waals surface area contributed by atoms with Crippen LogP contribution < -0.4 is 5.32 Å². The molecule has 19 heavy (non-hydrogen) atoms. The molecule has 3 heteroatoms. The maximum atomic E-state index is 12.2. The van der Waals surface area contributed by atoms with Crippen molar-refractivity contribution >= 4 is 5.91 Å². The van der Waals surface area contributed by atoms with Crippen LogP contribution in [-0.2, 0) is 6.42 Å². The number of carbonyl (C=O) groups is 1. The van der Waals surface area contributed by atoms with Gasteiger partial charge in [-0.05, 0) is 49.7 Å². The second kappa shape index (κ2) is 6.71. The monoisotopic (exact) mass is 261 g/mol. The van der Waals surface area contributed by atoms with Gasteiger partial charge in [0.2, 0.25) is 0 Å². The maximum Gasteiger partial charge on any atom is 0.251 e. The van der Waals surface area contributed by atoms with Crippen molar-refractivity contribution in [1.29, 1.82) is 0 Å². The molecule has 0 aliphatic heterocycles. The van der Waals surface area contributed by atoms with Gasteiger partial charge in [-0.25, -0.2) is 0 Å². The van der Waals surface area contributed by atoms with Crippen LogP contribution >= 0.6 is 0 Å². The molecule has 2 N–H and O–H groups in total. The number of aliphatic hydroxyl groups excluding tert-OH is 1. The van der Waals surface area contributed by atoms with Crippen molar-refractivity contribution < 1.29 is 9.90 Å². The molecule has 104 valence electrons. The van der Waals surface area contributed by atoms with Crippen molar-refractivity contribution in [3.8, 4) is 0 Å². The molecule has 1 fully saturated rings. The number of hydrogen-bond acceptors (Lipinski definition) is 2. The zero-order valence-corrected chi connectivity index (χ0v) is 11.6. The Morgan fingerprint density at radius 1 is 1.26 bits per heavy atom. The second-order valence-corrected chi connectivity index (χ2v) is 5.40. The number of rotatable bonds is 4. The number of nitrogens with one attached hydrogen (secondary N) is 1. The normalized spacial score (nSPS) is 23.1. The second-order valence-electron chi connectivity index (χ2n) is 5.40. The Balaban J connectivity index is 1.87. The number of benzene rings is 1. The molecule has 0 aromatic heterocycles. The van der Waals surface area contributed by atoms with Gasteiger partial charge in [0.1, 0.15) is 0 Å². The fourth-order valence-corrected chi connectivity index (χ4v) is 2.73. The Bertz CT molecular complexity index is 423. The van der Waals surface area contributed by atoms with Crippen LogP contribution in [0.3, 0.4) is 0 Å². The molecule has 1 aromatic rings. The van der Waals surface area contributed by atoms with Crippen molar-refractivity contribution in [2.24, 2.45) is 5.92 Å². The van der Waals surface area contributed by atoms with E-state index in [0.717, 1.165) is 49.8 Å². The van der Waals surface area contributed by atoms with Crippen molar-refractivity contribution in [3.63, 3.8) is 0 Å². The molecule has 0 bridgehead atoms. The summed E-state index contributed by atoms with van der Waals surface area (Å²) in [5.41, 5.74) is 1.89. The van der Waals surface area contributed by atoms with Gasteiger partial charge in [-0.15, -0.1) is 0 Å². The highest BCUT2D eigenvalue weighted by Gasteiger charge is 2.20. The molecule has 0 spiro atoms. The summed E-state index contributed by atoms with van der Waals surface area (Å²) in [7, 11) is 0. The van der Waals surface area contributed by atoms with E-state index in [9.17, 15) is 9.90 Å². The number of carbonyl (C=O) groups excluding carboxylic acids is 1. The molecule has 0 atom stereocenters. The van der Waals surface area contributed by atoms with Gasteiger partial charge in [-0.1, -0.05) is 25.1 Å². The Morgan fingerprint density at radius 3 is 2.63 bits per heavy atom. The molecule has 1 aliphatic rings. The van der Waals surface area contributed by atoms with E-state index >= 15 is 0 Å². The fourth-order valence-electron chi connectivity index (χ4n) is 2.73. The minimum Gasteiger partial charge on any atom is -0.393 e. The van der Waals surface area contributed by atoms with Crippen LogP contribution in [0.5, 0.6) is 0 Å². The highest BCUT2D eigenvalue weighted by molar-refractivity contribution is 5.95. The summed E-state index contributed by atoms with van der Waals surface area (Å²) in [6.07, 6.45) is 4.50. The van der Waals surface area contributed by atoms with Crippen molar-refractivity contribution in [2.45, 2.75) is 45.1 Å². The zero-order valence-electron chi connectivity index (χ0n) is 11.6. The lowest BCUT2D eigenvalue weighted by atomic mass is 9.87. The van der Waals surface area contributed by atoms with E-state index in [0.29, 0.717) is 5.92 Å². The van der Waals surface area contributed by atoms with Gasteiger partial charge in [-0.3, -0.25) is 4.79 Å². The Labute approximate surface area is 115 Å². The van der Waals surface area contributed by atoms with Gasteiger partial charge in [0.05, 0.1) is 6.10 Å². The van der Waals surface area contributed by atoms with E-state index < -0.39 is 0 Å². The van der Waals surface area contributed by atoms with Crippen molar-refractivity contribution in [3.05, 3.63) is 35.4 Å². The summed E-state index contributed by atoms with van der Waals surface area (Å²) in [6, 6.07) is 7.77. The average Bonchev–Trinajstić information content (AvgIpc) is 2.46. The smallest absolute Gasteiger partial charge is 0.251 e. The van der Waals surface area contributed by atoms with Crippen LogP contribution in [-0.4, -0.2) is 23.7 Å². The molecule has 0 radical (unpaired) electrons. The molecule has 0 unspecified atom stereocenters. The lowest BCUT2D eigenvalue weighted by molar-refractivity contribution is 0.0909. The molecule has 1 aromatic carbocycles. The minimum atomic E-state index is -0.132. The van der Waals surface area contributed by atoms with Gasteiger partial charge in [-0.2, -0.15) is 0 Å². The molecule has 1 amide bonds. The van der Waals surface area contributed by atoms with E-state index in [1.807, 2.05) is 24.3 Å². The van der Waals surface area contributed by atoms with Crippen LogP contribution in [0.25, 0.3) is 0 Å². The van der Waals surface area contributed by atoms with Crippen LogP contribution in [0, 0.1) is 5.92 Å². The molecule has 2 rings (SSSR count). The molecular formula is C16H23NO2. The Morgan fingerprint density at radius 2 is 1.95 bits per heavy atom. The summed E-state index contributed by atoms with van der Waals surface area (Å²) in [5.74, 6) is 0.546. The summed E-state index contributed by atoms with van der Waals surface area (Å²) in [5, 5.41) is 12.5. The van der Waals surface area contributed by atoms with Crippen LogP contribution in [0.1, 0.15) is 48.5 Å². The van der Waals surface area contributed by atoms with Crippen LogP contribution in [0.2, 0.25) is 0 Å². The van der Waals surface area contributed by atoms with Crippen molar-refractivity contribution in [1.82, 2.24) is 5.32 Å². The fraction of sp³-hybridized carbons (Fsp3) is 0.562. The summed E-state index contributed by atoms with van der Waals surface area (Å²) in [6.45, 7) is 2.79. The average molecular weight is 261 g/mol. The molecular weight excluding hydrogens is 238 g/mol. The first-order valence-electron chi connectivity index (χ1n) is 7.25. The first kappa shape index (κ1) is 14.1. The first-order valence-corrected chi connectivity index (χ1v) is 7.25. The molecule has 0 saturated heterocycles. The topological polar surface area (TPSA) is 49.3 Å². The van der Waals surface area contributed by atoms with E-state index in [1.165, 1.54) is 0 Å². The highest BCUT2D eigenvalue weighted by atomic mass is 16.3. The van der Waals surface area contributed by atoms with Crippen LogP contribution in [0.4, 0.5) is 0 Å². The molecule has 3 nitrogen and oxygen atoms in total.